The van der Waals surface area contributed by atoms with E-state index < -0.39 is 26.4 Å². The minimum absolute atomic E-state index is 0.575. The van der Waals surface area contributed by atoms with Crippen molar-refractivity contribution in [2.45, 2.75) is 0 Å². The Kier molecular flexibility index (Phi) is 3.33. The van der Waals surface area contributed by atoms with Crippen LogP contribution in [0.5, 0.6) is 0 Å². The molecule has 0 aliphatic heterocycles. The van der Waals surface area contributed by atoms with Gasteiger partial charge in [0.15, 0.2) is 21.5 Å². The number of halogens is 2. The standard InChI is InChI=1S/C7H8F2O2S/c1-4-6(8)7(9)5(2)12(3,10)11/h4H,1-2H2,3H3/b7-6-. The number of allylic oxidation sites excluding steroid dienone is 3. The van der Waals surface area contributed by atoms with Gasteiger partial charge in [0.1, 0.15) is 0 Å². The van der Waals surface area contributed by atoms with Crippen molar-refractivity contribution in [2.24, 2.45) is 0 Å². The van der Waals surface area contributed by atoms with Gasteiger partial charge in [0, 0.05) is 6.26 Å². The molecule has 0 atom stereocenters. The summed E-state index contributed by atoms with van der Waals surface area (Å²) in [5.74, 6) is -2.82. The maximum atomic E-state index is 12.6. The van der Waals surface area contributed by atoms with Crippen LogP contribution in [0.4, 0.5) is 8.78 Å². The molecule has 5 heteroatoms. The van der Waals surface area contributed by atoms with Crippen molar-refractivity contribution in [1.29, 1.82) is 0 Å². The third-order valence-electron chi connectivity index (χ3n) is 1.08. The predicted molar refractivity (Wildman–Crippen MR) is 43.4 cm³/mol. The molecule has 68 valence electrons. The zero-order valence-electron chi connectivity index (χ0n) is 6.47. The third kappa shape index (κ3) is 2.58. The van der Waals surface area contributed by atoms with E-state index >= 15 is 0 Å². The van der Waals surface area contributed by atoms with Crippen LogP contribution < -0.4 is 0 Å². The van der Waals surface area contributed by atoms with E-state index in [2.05, 4.69) is 13.2 Å². The molecule has 0 heterocycles. The molecule has 0 N–H and O–H groups in total. The van der Waals surface area contributed by atoms with Gasteiger partial charge in [-0.1, -0.05) is 13.2 Å². The van der Waals surface area contributed by atoms with Crippen LogP contribution in [0.2, 0.25) is 0 Å². The average molecular weight is 194 g/mol. The summed E-state index contributed by atoms with van der Waals surface area (Å²) in [6, 6.07) is 0. The van der Waals surface area contributed by atoms with Gasteiger partial charge in [0.05, 0.1) is 4.91 Å². The highest BCUT2D eigenvalue weighted by Gasteiger charge is 2.16. The molecule has 0 radical (unpaired) electrons. The first kappa shape index (κ1) is 11.0. The average Bonchev–Trinajstić information content (AvgIpc) is 1.98. The summed E-state index contributed by atoms with van der Waals surface area (Å²) in [4.78, 5) is -0.875. The zero-order valence-corrected chi connectivity index (χ0v) is 7.29. The summed E-state index contributed by atoms with van der Waals surface area (Å²) < 4.78 is 46.2. The van der Waals surface area contributed by atoms with E-state index in [4.69, 9.17) is 0 Å². The zero-order chi connectivity index (χ0) is 9.94. The molecule has 0 unspecified atom stereocenters. The predicted octanol–water partition coefficient (Wildman–Crippen LogP) is 1.88. The van der Waals surface area contributed by atoms with Crippen LogP contribution in [0.1, 0.15) is 0 Å². The molecule has 12 heavy (non-hydrogen) atoms. The van der Waals surface area contributed by atoms with Gasteiger partial charge in [-0.2, -0.15) is 0 Å². The molecular formula is C7H8F2O2S. The molecule has 0 aliphatic carbocycles. The second-order valence-corrected chi connectivity index (χ2v) is 4.10. The topological polar surface area (TPSA) is 34.1 Å². The van der Waals surface area contributed by atoms with E-state index in [9.17, 15) is 17.2 Å². The van der Waals surface area contributed by atoms with Crippen LogP contribution in [-0.2, 0) is 9.84 Å². The molecule has 0 aliphatic rings. The van der Waals surface area contributed by atoms with Gasteiger partial charge in [0.2, 0.25) is 0 Å². The van der Waals surface area contributed by atoms with Gasteiger partial charge in [-0.25, -0.2) is 17.2 Å². The van der Waals surface area contributed by atoms with E-state index in [1.165, 1.54) is 0 Å². The van der Waals surface area contributed by atoms with Gasteiger partial charge in [-0.3, -0.25) is 0 Å². The normalized spacial score (nSPS) is 13.6. The van der Waals surface area contributed by atoms with Crippen molar-refractivity contribution in [3.8, 4) is 0 Å². The monoisotopic (exact) mass is 194 g/mol. The summed E-state index contributed by atoms with van der Waals surface area (Å²) >= 11 is 0. The van der Waals surface area contributed by atoms with Crippen molar-refractivity contribution in [2.75, 3.05) is 6.26 Å². The summed E-state index contributed by atoms with van der Waals surface area (Å²) in [6.07, 6.45) is 1.32. The number of sulfone groups is 1. The first-order chi connectivity index (χ1) is 5.30. The van der Waals surface area contributed by atoms with E-state index in [-0.39, 0.29) is 0 Å². The molecule has 0 aromatic heterocycles. The van der Waals surface area contributed by atoms with Crippen molar-refractivity contribution < 1.29 is 17.2 Å². The lowest BCUT2D eigenvalue weighted by molar-refractivity contribution is 0.563. The Morgan fingerprint density at radius 2 is 1.83 bits per heavy atom. The van der Waals surface area contributed by atoms with Gasteiger partial charge in [0.25, 0.3) is 0 Å². The number of hydrogen-bond donors (Lipinski definition) is 0. The van der Waals surface area contributed by atoms with Crippen LogP contribution in [0.3, 0.4) is 0 Å². The maximum Gasteiger partial charge on any atom is 0.177 e. The summed E-state index contributed by atoms with van der Waals surface area (Å²) in [7, 11) is -3.77. The molecule has 0 saturated heterocycles. The smallest absolute Gasteiger partial charge is 0.177 e. The SMILES string of the molecule is C=C/C(F)=C(/F)C(=C)S(C)(=O)=O. The van der Waals surface area contributed by atoms with E-state index in [0.29, 0.717) is 6.08 Å². The highest BCUT2D eigenvalue weighted by molar-refractivity contribution is 7.94. The minimum Gasteiger partial charge on any atom is -0.224 e. The molecule has 0 fully saturated rings. The van der Waals surface area contributed by atoms with E-state index in [1.807, 2.05) is 0 Å². The van der Waals surface area contributed by atoms with Crippen molar-refractivity contribution >= 4 is 9.84 Å². The Morgan fingerprint density at radius 1 is 1.42 bits per heavy atom. The fourth-order valence-corrected chi connectivity index (χ4v) is 0.809. The highest BCUT2D eigenvalue weighted by Crippen LogP contribution is 2.20. The Morgan fingerprint density at radius 3 is 2.08 bits per heavy atom. The van der Waals surface area contributed by atoms with Crippen LogP contribution in [-0.4, -0.2) is 14.7 Å². The first-order valence-electron chi connectivity index (χ1n) is 2.87. The second kappa shape index (κ2) is 3.62. The Labute approximate surface area is 69.8 Å². The van der Waals surface area contributed by atoms with Crippen LogP contribution in [0.25, 0.3) is 0 Å². The van der Waals surface area contributed by atoms with Crippen LogP contribution >= 0.6 is 0 Å². The molecule has 0 aromatic carbocycles. The van der Waals surface area contributed by atoms with Gasteiger partial charge in [-0.05, 0) is 6.08 Å². The lowest BCUT2D eigenvalue weighted by atomic mass is 10.4. The van der Waals surface area contributed by atoms with Crippen LogP contribution in [0, 0.1) is 0 Å². The highest BCUT2D eigenvalue weighted by atomic mass is 32.2. The lowest BCUT2D eigenvalue weighted by Crippen LogP contribution is -2.00. The fourth-order valence-electron chi connectivity index (χ4n) is 0.386. The molecular weight excluding hydrogens is 186 g/mol. The Bertz CT molecular complexity index is 338. The minimum atomic E-state index is -3.77. The van der Waals surface area contributed by atoms with E-state index in [0.717, 1.165) is 6.26 Å². The van der Waals surface area contributed by atoms with Crippen LogP contribution in [0.15, 0.2) is 35.8 Å². The third-order valence-corrected chi connectivity index (χ3v) is 2.16. The summed E-state index contributed by atoms with van der Waals surface area (Å²) in [6.45, 7) is 5.82. The summed E-state index contributed by atoms with van der Waals surface area (Å²) in [5, 5.41) is 0. The molecule has 0 amide bonds. The Hall–Kier alpha value is -0.970. The quantitative estimate of drug-likeness (QED) is 0.643. The molecule has 0 bridgehead atoms. The van der Waals surface area contributed by atoms with Gasteiger partial charge in [-0.15, -0.1) is 0 Å². The molecule has 0 saturated carbocycles. The first-order valence-corrected chi connectivity index (χ1v) is 4.77. The lowest BCUT2D eigenvalue weighted by Gasteiger charge is -1.98. The molecule has 0 spiro atoms. The van der Waals surface area contributed by atoms with Gasteiger partial charge >= 0.3 is 0 Å². The fraction of sp³-hybridized carbons (Fsp3) is 0.143. The van der Waals surface area contributed by atoms with E-state index in [1.54, 1.807) is 0 Å². The summed E-state index contributed by atoms with van der Waals surface area (Å²) in [5.41, 5.74) is 0. The van der Waals surface area contributed by atoms with Gasteiger partial charge < -0.3 is 0 Å². The Balaban J connectivity index is 5.13. The van der Waals surface area contributed by atoms with Crippen molar-refractivity contribution in [3.63, 3.8) is 0 Å². The van der Waals surface area contributed by atoms with Crippen molar-refractivity contribution in [1.82, 2.24) is 0 Å². The maximum absolute atomic E-state index is 12.6. The largest absolute Gasteiger partial charge is 0.224 e. The van der Waals surface area contributed by atoms with Crippen molar-refractivity contribution in [3.05, 3.63) is 35.8 Å². The molecule has 2 nitrogen and oxygen atoms in total. The second-order valence-electron chi connectivity index (χ2n) is 2.06. The molecule has 0 rings (SSSR count). The number of hydrogen-bond acceptors (Lipinski definition) is 2. The number of rotatable bonds is 3. The molecule has 0 aromatic rings.